The molecule has 8 nitrogen and oxygen atoms in total. The molecular weight excluding hydrogens is 454 g/mol. The second kappa shape index (κ2) is 9.44. The maximum absolute atomic E-state index is 13.5. The highest BCUT2D eigenvalue weighted by atomic mass is 32.1. The van der Waals surface area contributed by atoms with E-state index in [1.807, 2.05) is 38.1 Å². The molecule has 5 rings (SSSR count). The number of aromatic nitrogens is 1. The van der Waals surface area contributed by atoms with Gasteiger partial charge in [-0.2, -0.15) is 0 Å². The highest BCUT2D eigenvalue weighted by molar-refractivity contribution is 7.15. The molecule has 2 amide bonds. The Labute approximate surface area is 201 Å². The molecule has 9 heteroatoms. The number of amides is 2. The molecule has 1 aromatic heterocycles. The van der Waals surface area contributed by atoms with Gasteiger partial charge >= 0.3 is 0 Å². The van der Waals surface area contributed by atoms with Gasteiger partial charge in [0.15, 0.2) is 11.5 Å². The third kappa shape index (κ3) is 4.36. The first-order valence-corrected chi connectivity index (χ1v) is 12.0. The molecule has 0 radical (unpaired) electrons. The van der Waals surface area contributed by atoms with Crippen molar-refractivity contribution in [1.29, 1.82) is 0 Å². The quantitative estimate of drug-likeness (QED) is 0.603. The van der Waals surface area contributed by atoms with E-state index in [2.05, 4.69) is 10.3 Å². The van der Waals surface area contributed by atoms with Crippen LogP contribution in [0.5, 0.6) is 11.5 Å². The first-order chi connectivity index (χ1) is 16.5. The van der Waals surface area contributed by atoms with Crippen molar-refractivity contribution in [3.63, 3.8) is 0 Å². The average Bonchev–Trinajstić information content (AvgIpc) is 3.48. The van der Waals surface area contributed by atoms with Crippen LogP contribution in [0, 0.1) is 13.8 Å². The van der Waals surface area contributed by atoms with Gasteiger partial charge in [0.25, 0.3) is 11.8 Å². The van der Waals surface area contributed by atoms with Crippen LogP contribution in [0.15, 0.2) is 42.5 Å². The largest absolute Gasteiger partial charge is 0.486 e. The van der Waals surface area contributed by atoms with E-state index in [4.69, 9.17) is 14.2 Å². The number of carbonyl (C=O) groups is 2. The van der Waals surface area contributed by atoms with Crippen LogP contribution in [0.25, 0.3) is 10.4 Å². The lowest BCUT2D eigenvalue weighted by molar-refractivity contribution is 0.0276. The molecule has 3 aromatic rings. The zero-order valence-electron chi connectivity index (χ0n) is 19.0. The molecule has 0 spiro atoms. The lowest BCUT2D eigenvalue weighted by Gasteiger charge is -2.24. The Balaban J connectivity index is 1.32. The van der Waals surface area contributed by atoms with E-state index in [1.54, 1.807) is 23.1 Å². The third-order valence-corrected chi connectivity index (χ3v) is 6.74. The first kappa shape index (κ1) is 22.4. The number of carbonyl (C=O) groups excluding carboxylic acids is 2. The van der Waals surface area contributed by atoms with Gasteiger partial charge in [-0.25, -0.2) is 4.98 Å². The van der Waals surface area contributed by atoms with Gasteiger partial charge < -0.3 is 24.4 Å². The Morgan fingerprint density at radius 3 is 2.79 bits per heavy atom. The van der Waals surface area contributed by atoms with Gasteiger partial charge in [-0.05, 0) is 31.5 Å². The van der Waals surface area contributed by atoms with Crippen LogP contribution in [0.3, 0.4) is 0 Å². The fraction of sp³-hybridized carbons (Fsp3) is 0.320. The van der Waals surface area contributed by atoms with Crippen LogP contribution in [0.1, 0.15) is 31.4 Å². The first-order valence-electron chi connectivity index (χ1n) is 11.1. The number of fused-ring (bicyclic) bond motifs is 1. The molecule has 0 aliphatic carbocycles. The molecule has 176 valence electrons. The summed E-state index contributed by atoms with van der Waals surface area (Å²) < 4.78 is 17.0. The Bertz CT molecular complexity index is 1240. The molecule has 1 saturated heterocycles. The molecule has 2 aromatic carbocycles. The van der Waals surface area contributed by atoms with Gasteiger partial charge in [0.1, 0.15) is 25.1 Å². The fourth-order valence-electron chi connectivity index (χ4n) is 4.14. The van der Waals surface area contributed by atoms with Crippen LogP contribution >= 0.6 is 11.3 Å². The summed E-state index contributed by atoms with van der Waals surface area (Å²) in [7, 11) is 0. The van der Waals surface area contributed by atoms with E-state index < -0.39 is 6.23 Å². The Kier molecular flexibility index (Phi) is 6.21. The number of nitrogens with zero attached hydrogens (tertiary/aromatic N) is 2. The Morgan fingerprint density at radius 2 is 1.94 bits per heavy atom. The van der Waals surface area contributed by atoms with Gasteiger partial charge in [0.05, 0.1) is 28.6 Å². The minimum atomic E-state index is -0.583. The van der Waals surface area contributed by atoms with Crippen LogP contribution < -0.4 is 14.8 Å². The van der Waals surface area contributed by atoms with Gasteiger partial charge in [0, 0.05) is 6.54 Å². The van der Waals surface area contributed by atoms with Gasteiger partial charge in [-0.15, -0.1) is 11.3 Å². The normalized spacial score (nSPS) is 17.0. The zero-order valence-corrected chi connectivity index (χ0v) is 19.8. The highest BCUT2D eigenvalue weighted by Crippen LogP contribution is 2.34. The zero-order chi connectivity index (χ0) is 23.7. The summed E-state index contributed by atoms with van der Waals surface area (Å²) in [5, 5.41) is 3.70. The molecule has 2 aliphatic rings. The van der Waals surface area contributed by atoms with Crippen LogP contribution in [-0.2, 0) is 4.74 Å². The number of benzene rings is 2. The summed E-state index contributed by atoms with van der Waals surface area (Å²) in [5.74, 6) is 0.476. The second-order valence-corrected chi connectivity index (χ2v) is 9.35. The van der Waals surface area contributed by atoms with Crippen LogP contribution in [-0.4, -0.2) is 60.8 Å². The van der Waals surface area contributed by atoms with Crippen molar-refractivity contribution in [2.45, 2.75) is 20.1 Å². The van der Waals surface area contributed by atoms with E-state index in [0.29, 0.717) is 49.1 Å². The topological polar surface area (TPSA) is 90.0 Å². The lowest BCUT2D eigenvalue weighted by Crippen LogP contribution is -2.44. The van der Waals surface area contributed by atoms with E-state index in [9.17, 15) is 9.59 Å². The standard InChI is InChI=1S/C25H25N3O5S/c1-15-5-3-6-17(13-15)23-21(27-16(2)34-23)25(30)28-9-10-32-20(28)14-26-24(29)18-7-4-8-19-22(18)33-12-11-31-19/h3-8,13,20H,9-12,14H2,1-2H3,(H,26,29). The minimum absolute atomic E-state index is 0.151. The molecule has 1 N–H and O–H groups in total. The van der Waals surface area contributed by atoms with Crippen molar-refractivity contribution in [3.05, 3.63) is 64.3 Å². The third-order valence-electron chi connectivity index (χ3n) is 5.72. The summed E-state index contributed by atoms with van der Waals surface area (Å²) in [5.41, 5.74) is 2.89. The molecule has 1 unspecified atom stereocenters. The number of hydrogen-bond acceptors (Lipinski definition) is 7. The van der Waals surface area contributed by atoms with Crippen molar-refractivity contribution in [2.24, 2.45) is 0 Å². The molecule has 3 heterocycles. The summed E-state index contributed by atoms with van der Waals surface area (Å²) in [6.07, 6.45) is -0.583. The van der Waals surface area contributed by atoms with E-state index in [1.165, 1.54) is 11.3 Å². The molecule has 2 aliphatic heterocycles. The van der Waals surface area contributed by atoms with E-state index >= 15 is 0 Å². The van der Waals surface area contributed by atoms with Crippen molar-refractivity contribution in [1.82, 2.24) is 15.2 Å². The summed E-state index contributed by atoms with van der Waals surface area (Å²) in [4.78, 5) is 33.4. The summed E-state index contributed by atoms with van der Waals surface area (Å²) in [6, 6.07) is 13.2. The van der Waals surface area contributed by atoms with Gasteiger partial charge in [-0.1, -0.05) is 35.9 Å². The van der Waals surface area contributed by atoms with Crippen LogP contribution in [0.4, 0.5) is 0 Å². The number of ether oxygens (including phenoxy) is 3. The summed E-state index contributed by atoms with van der Waals surface area (Å²) >= 11 is 1.50. The van der Waals surface area contributed by atoms with Crippen molar-refractivity contribution in [3.8, 4) is 21.9 Å². The van der Waals surface area contributed by atoms with Crippen molar-refractivity contribution in [2.75, 3.05) is 32.9 Å². The second-order valence-electron chi connectivity index (χ2n) is 8.14. The van der Waals surface area contributed by atoms with Gasteiger partial charge in [-0.3, -0.25) is 9.59 Å². The molecule has 0 bridgehead atoms. The smallest absolute Gasteiger partial charge is 0.276 e. The monoisotopic (exact) mass is 479 g/mol. The maximum Gasteiger partial charge on any atom is 0.276 e. The van der Waals surface area contributed by atoms with Crippen molar-refractivity contribution < 1.29 is 23.8 Å². The van der Waals surface area contributed by atoms with E-state index in [-0.39, 0.29) is 18.4 Å². The van der Waals surface area contributed by atoms with E-state index in [0.717, 1.165) is 21.0 Å². The predicted octanol–water partition coefficient (Wildman–Crippen LogP) is 3.43. The number of para-hydroxylation sites is 1. The Hall–Kier alpha value is -3.43. The number of aryl methyl sites for hydroxylation is 2. The van der Waals surface area contributed by atoms with Crippen molar-refractivity contribution >= 4 is 23.2 Å². The minimum Gasteiger partial charge on any atom is -0.486 e. The molecule has 34 heavy (non-hydrogen) atoms. The number of thiazole rings is 1. The Morgan fingerprint density at radius 1 is 1.12 bits per heavy atom. The fourth-order valence-corrected chi connectivity index (χ4v) is 5.05. The number of rotatable bonds is 5. The SMILES string of the molecule is Cc1cccc(-c2sc(C)nc2C(=O)N2CCOC2CNC(=O)c2cccc3c2OCCO3)c1. The molecular formula is C25H25N3O5S. The molecule has 0 saturated carbocycles. The maximum atomic E-state index is 13.5. The molecule has 1 fully saturated rings. The lowest BCUT2D eigenvalue weighted by atomic mass is 10.1. The average molecular weight is 480 g/mol. The predicted molar refractivity (Wildman–Crippen MR) is 128 cm³/mol. The molecule has 1 atom stereocenters. The summed E-state index contributed by atoms with van der Waals surface area (Å²) in [6.45, 7) is 5.73. The number of nitrogens with one attached hydrogen (secondary N) is 1. The van der Waals surface area contributed by atoms with Crippen LogP contribution in [0.2, 0.25) is 0 Å². The highest BCUT2D eigenvalue weighted by Gasteiger charge is 2.34. The number of hydrogen-bond donors (Lipinski definition) is 1. The van der Waals surface area contributed by atoms with Gasteiger partial charge in [0.2, 0.25) is 0 Å².